The van der Waals surface area contributed by atoms with Gasteiger partial charge >= 0.3 is 0 Å². The zero-order valence-electron chi connectivity index (χ0n) is 10.2. The highest BCUT2D eigenvalue weighted by atomic mass is 35.5. The average molecular weight is 270 g/mol. The minimum absolute atomic E-state index is 0.720. The topological polar surface area (TPSA) is 29.9 Å². The van der Waals surface area contributed by atoms with Crippen LogP contribution in [0.2, 0.25) is 5.15 Å². The number of halogens is 1. The Kier molecular flexibility index (Phi) is 3.86. The molecule has 0 amide bonds. The van der Waals surface area contributed by atoms with Gasteiger partial charge < -0.3 is 5.32 Å². The lowest BCUT2D eigenvalue weighted by Gasteiger charge is -2.02. The highest BCUT2D eigenvalue weighted by Gasteiger charge is 2.10. The number of nitrogens with one attached hydrogen (secondary N) is 1. The third-order valence-electron chi connectivity index (χ3n) is 2.67. The van der Waals surface area contributed by atoms with E-state index in [4.69, 9.17) is 11.6 Å². The van der Waals surface area contributed by atoms with Gasteiger partial charge in [0.05, 0.1) is 5.69 Å². The van der Waals surface area contributed by atoms with E-state index in [1.54, 1.807) is 4.68 Å². The molecule has 0 fully saturated rings. The van der Waals surface area contributed by atoms with Gasteiger partial charge in [0, 0.05) is 35.5 Å². The van der Waals surface area contributed by atoms with Crippen molar-refractivity contribution in [1.82, 2.24) is 15.1 Å². The van der Waals surface area contributed by atoms with E-state index in [2.05, 4.69) is 29.5 Å². The van der Waals surface area contributed by atoms with Crippen molar-refractivity contribution in [1.29, 1.82) is 0 Å². The van der Waals surface area contributed by atoms with E-state index in [0.717, 1.165) is 29.5 Å². The molecule has 0 spiro atoms. The molecule has 0 saturated carbocycles. The second-order valence-corrected chi connectivity index (χ2v) is 5.82. The average Bonchev–Trinajstić information content (AvgIpc) is 2.78. The molecule has 0 aromatic carbocycles. The van der Waals surface area contributed by atoms with Crippen LogP contribution in [-0.4, -0.2) is 9.78 Å². The second kappa shape index (κ2) is 5.21. The van der Waals surface area contributed by atoms with Gasteiger partial charge in [-0.05, 0) is 26.0 Å². The molecule has 0 bridgehead atoms. The first-order valence-electron chi connectivity index (χ1n) is 5.52. The Morgan fingerprint density at radius 1 is 1.35 bits per heavy atom. The summed E-state index contributed by atoms with van der Waals surface area (Å²) in [5.74, 6) is 0. The van der Waals surface area contributed by atoms with Gasteiger partial charge in [0.1, 0.15) is 5.15 Å². The summed E-state index contributed by atoms with van der Waals surface area (Å²) >= 11 is 7.98. The molecular formula is C12H16ClN3S. The third kappa shape index (κ3) is 2.89. The Morgan fingerprint density at radius 3 is 2.65 bits per heavy atom. The molecule has 0 radical (unpaired) electrons. The molecule has 0 aliphatic rings. The van der Waals surface area contributed by atoms with Crippen molar-refractivity contribution in [2.24, 2.45) is 7.05 Å². The zero-order valence-corrected chi connectivity index (χ0v) is 11.8. The number of thiophene rings is 1. The van der Waals surface area contributed by atoms with Gasteiger partial charge in [0.25, 0.3) is 0 Å². The smallest absolute Gasteiger partial charge is 0.131 e. The van der Waals surface area contributed by atoms with E-state index in [1.807, 2.05) is 25.3 Å². The summed E-state index contributed by atoms with van der Waals surface area (Å²) in [4.78, 5) is 2.69. The van der Waals surface area contributed by atoms with Crippen LogP contribution in [0.3, 0.4) is 0 Å². The molecule has 92 valence electrons. The van der Waals surface area contributed by atoms with Crippen LogP contribution in [0.25, 0.3) is 0 Å². The van der Waals surface area contributed by atoms with Gasteiger partial charge in [-0.2, -0.15) is 5.10 Å². The Bertz CT molecular complexity index is 516. The van der Waals surface area contributed by atoms with E-state index in [0.29, 0.717) is 0 Å². The van der Waals surface area contributed by atoms with Gasteiger partial charge in [-0.15, -0.1) is 11.3 Å². The fourth-order valence-electron chi connectivity index (χ4n) is 1.77. The maximum Gasteiger partial charge on any atom is 0.131 e. The Balaban J connectivity index is 1.94. The third-order valence-corrected chi connectivity index (χ3v) is 4.14. The van der Waals surface area contributed by atoms with Crippen molar-refractivity contribution < 1.29 is 0 Å². The molecule has 3 nitrogen and oxygen atoms in total. The lowest BCUT2D eigenvalue weighted by molar-refractivity contribution is 0.697. The van der Waals surface area contributed by atoms with Crippen LogP contribution < -0.4 is 5.32 Å². The first kappa shape index (κ1) is 12.6. The summed E-state index contributed by atoms with van der Waals surface area (Å²) in [6.07, 6.45) is 0. The van der Waals surface area contributed by atoms with E-state index in [9.17, 15) is 0 Å². The molecule has 1 N–H and O–H groups in total. The molecule has 2 rings (SSSR count). The highest BCUT2D eigenvalue weighted by molar-refractivity contribution is 7.11. The van der Waals surface area contributed by atoms with Crippen molar-refractivity contribution in [2.45, 2.75) is 26.9 Å². The van der Waals surface area contributed by atoms with Crippen LogP contribution in [0.15, 0.2) is 12.1 Å². The number of hydrogen-bond donors (Lipinski definition) is 1. The van der Waals surface area contributed by atoms with Crippen molar-refractivity contribution in [3.05, 3.63) is 38.3 Å². The van der Waals surface area contributed by atoms with Crippen LogP contribution in [0.5, 0.6) is 0 Å². The first-order valence-corrected chi connectivity index (χ1v) is 6.71. The van der Waals surface area contributed by atoms with Crippen LogP contribution >= 0.6 is 22.9 Å². The molecule has 0 aliphatic heterocycles. The van der Waals surface area contributed by atoms with Gasteiger partial charge in [0.2, 0.25) is 0 Å². The maximum atomic E-state index is 6.16. The van der Waals surface area contributed by atoms with Gasteiger partial charge in [-0.1, -0.05) is 11.6 Å². The molecule has 0 atom stereocenters. The van der Waals surface area contributed by atoms with Crippen LogP contribution in [0.1, 0.15) is 21.0 Å². The fourth-order valence-corrected chi connectivity index (χ4v) is 2.87. The van der Waals surface area contributed by atoms with Crippen molar-refractivity contribution >= 4 is 22.9 Å². The zero-order chi connectivity index (χ0) is 12.4. The number of rotatable bonds is 4. The van der Waals surface area contributed by atoms with Crippen LogP contribution in [0, 0.1) is 13.8 Å². The monoisotopic (exact) mass is 269 g/mol. The normalized spacial score (nSPS) is 11.1. The molecule has 0 unspecified atom stereocenters. The minimum Gasteiger partial charge on any atom is -0.308 e. The quantitative estimate of drug-likeness (QED) is 0.925. The summed E-state index contributed by atoms with van der Waals surface area (Å²) in [7, 11) is 1.86. The Morgan fingerprint density at radius 2 is 2.12 bits per heavy atom. The Labute approximate surface area is 110 Å². The van der Waals surface area contributed by atoms with Crippen molar-refractivity contribution in [2.75, 3.05) is 0 Å². The van der Waals surface area contributed by atoms with E-state index >= 15 is 0 Å². The van der Waals surface area contributed by atoms with Crippen LogP contribution in [-0.2, 0) is 20.1 Å². The van der Waals surface area contributed by atoms with Gasteiger partial charge in [0.15, 0.2) is 0 Å². The predicted octanol–water partition coefficient (Wildman–Crippen LogP) is 3.04. The van der Waals surface area contributed by atoms with Crippen molar-refractivity contribution in [3.8, 4) is 0 Å². The van der Waals surface area contributed by atoms with Gasteiger partial charge in [-0.25, -0.2) is 0 Å². The summed E-state index contributed by atoms with van der Waals surface area (Å²) in [6.45, 7) is 5.74. The molecular weight excluding hydrogens is 254 g/mol. The first-order chi connectivity index (χ1) is 8.08. The SMILES string of the molecule is Cc1ccc(CNCc2c(C)nn(C)c2Cl)s1. The molecule has 2 aromatic heterocycles. The second-order valence-electron chi connectivity index (χ2n) is 4.09. The number of aromatic nitrogens is 2. The van der Waals surface area contributed by atoms with Gasteiger partial charge in [-0.3, -0.25) is 4.68 Å². The summed E-state index contributed by atoms with van der Waals surface area (Å²) in [6, 6.07) is 4.30. The number of nitrogens with zero attached hydrogens (tertiary/aromatic N) is 2. The summed E-state index contributed by atoms with van der Waals surface area (Å²) in [5, 5.41) is 8.41. The highest BCUT2D eigenvalue weighted by Crippen LogP contribution is 2.19. The lowest BCUT2D eigenvalue weighted by atomic mass is 10.2. The summed E-state index contributed by atoms with van der Waals surface area (Å²) < 4.78 is 1.71. The maximum absolute atomic E-state index is 6.16. The molecule has 17 heavy (non-hydrogen) atoms. The largest absolute Gasteiger partial charge is 0.308 e. The minimum atomic E-state index is 0.720. The van der Waals surface area contributed by atoms with Crippen molar-refractivity contribution in [3.63, 3.8) is 0 Å². The molecule has 2 aromatic rings. The Hall–Kier alpha value is -0.840. The predicted molar refractivity (Wildman–Crippen MR) is 72.6 cm³/mol. The van der Waals surface area contributed by atoms with E-state index in [1.165, 1.54) is 9.75 Å². The standard InChI is InChI=1S/C12H16ClN3S/c1-8-4-5-10(17-8)6-14-7-11-9(2)15-16(3)12(11)13/h4-5,14H,6-7H2,1-3H3. The van der Waals surface area contributed by atoms with E-state index in [-0.39, 0.29) is 0 Å². The molecule has 0 aliphatic carbocycles. The molecule has 0 saturated heterocycles. The molecule has 2 heterocycles. The number of hydrogen-bond acceptors (Lipinski definition) is 3. The fraction of sp³-hybridized carbons (Fsp3) is 0.417. The summed E-state index contributed by atoms with van der Waals surface area (Å²) in [5.41, 5.74) is 2.08. The number of aryl methyl sites for hydroxylation is 3. The lowest BCUT2D eigenvalue weighted by Crippen LogP contribution is -2.12. The molecule has 5 heteroatoms. The van der Waals surface area contributed by atoms with E-state index < -0.39 is 0 Å². The van der Waals surface area contributed by atoms with Crippen LogP contribution in [0.4, 0.5) is 0 Å².